The molecule has 62 valence electrons. The molecule has 3 nitrogen and oxygen atoms in total. The largest absolute Gasteiger partial charge is 0.392 e. The molecule has 0 heterocycles. The molecule has 3 heteroatoms. The SMILES string of the molecule is COCCC(C)C(O)CN. The Balaban J connectivity index is 3.31. The van der Waals surface area contributed by atoms with Gasteiger partial charge in [0.2, 0.25) is 0 Å². The zero-order chi connectivity index (χ0) is 7.98. The summed E-state index contributed by atoms with van der Waals surface area (Å²) in [4.78, 5) is 0. The lowest BCUT2D eigenvalue weighted by atomic mass is 10.0. The van der Waals surface area contributed by atoms with E-state index in [0.717, 1.165) is 6.42 Å². The van der Waals surface area contributed by atoms with Crippen molar-refractivity contribution in [1.82, 2.24) is 0 Å². The number of methoxy groups -OCH3 is 1. The van der Waals surface area contributed by atoms with E-state index in [4.69, 9.17) is 10.5 Å². The fourth-order valence-corrected chi connectivity index (χ4v) is 0.728. The summed E-state index contributed by atoms with van der Waals surface area (Å²) >= 11 is 0. The second kappa shape index (κ2) is 5.65. The lowest BCUT2D eigenvalue weighted by Gasteiger charge is -2.15. The van der Waals surface area contributed by atoms with E-state index < -0.39 is 0 Å². The number of nitrogens with two attached hydrogens (primary N) is 1. The van der Waals surface area contributed by atoms with E-state index in [9.17, 15) is 5.11 Å². The van der Waals surface area contributed by atoms with Gasteiger partial charge in [0.25, 0.3) is 0 Å². The van der Waals surface area contributed by atoms with Crippen LogP contribution in [0.25, 0.3) is 0 Å². The molecule has 3 N–H and O–H groups in total. The molecule has 2 atom stereocenters. The van der Waals surface area contributed by atoms with Gasteiger partial charge in [-0.3, -0.25) is 0 Å². The third-order valence-electron chi connectivity index (χ3n) is 1.68. The van der Waals surface area contributed by atoms with E-state index in [0.29, 0.717) is 13.2 Å². The lowest BCUT2D eigenvalue weighted by Crippen LogP contribution is -2.27. The number of ether oxygens (including phenoxy) is 1. The molecule has 0 radical (unpaired) electrons. The number of aliphatic hydroxyl groups excluding tert-OH is 1. The Kier molecular flexibility index (Phi) is 5.58. The van der Waals surface area contributed by atoms with Crippen molar-refractivity contribution in [3.05, 3.63) is 0 Å². The highest BCUT2D eigenvalue weighted by Crippen LogP contribution is 2.06. The number of rotatable bonds is 5. The number of hydrogen-bond donors (Lipinski definition) is 2. The minimum atomic E-state index is -0.379. The topological polar surface area (TPSA) is 55.5 Å². The third kappa shape index (κ3) is 3.82. The van der Waals surface area contributed by atoms with Crippen LogP contribution in [0.4, 0.5) is 0 Å². The Morgan fingerprint density at radius 1 is 1.60 bits per heavy atom. The Labute approximate surface area is 62.2 Å². The highest BCUT2D eigenvalue weighted by atomic mass is 16.5. The summed E-state index contributed by atoms with van der Waals surface area (Å²) in [6.07, 6.45) is 0.490. The summed E-state index contributed by atoms with van der Waals surface area (Å²) in [5.41, 5.74) is 5.25. The van der Waals surface area contributed by atoms with Gasteiger partial charge in [0.15, 0.2) is 0 Å². The van der Waals surface area contributed by atoms with Crippen molar-refractivity contribution in [2.75, 3.05) is 20.3 Å². The van der Waals surface area contributed by atoms with Crippen LogP contribution in [0.1, 0.15) is 13.3 Å². The predicted molar refractivity (Wildman–Crippen MR) is 40.7 cm³/mol. The quantitative estimate of drug-likeness (QED) is 0.574. The summed E-state index contributed by atoms with van der Waals surface area (Å²) in [6.45, 7) is 3.00. The first-order valence-electron chi connectivity index (χ1n) is 3.59. The average Bonchev–Trinajstić information content (AvgIpc) is 1.98. The van der Waals surface area contributed by atoms with E-state index in [2.05, 4.69) is 0 Å². The molecular formula is C7H17NO2. The van der Waals surface area contributed by atoms with Crippen molar-refractivity contribution >= 4 is 0 Å². The maximum atomic E-state index is 9.17. The smallest absolute Gasteiger partial charge is 0.0688 e. The van der Waals surface area contributed by atoms with Gasteiger partial charge in [-0.05, 0) is 12.3 Å². The third-order valence-corrected chi connectivity index (χ3v) is 1.68. The molecule has 0 bridgehead atoms. The second-order valence-electron chi connectivity index (χ2n) is 2.56. The van der Waals surface area contributed by atoms with Crippen LogP contribution >= 0.6 is 0 Å². The summed E-state index contributed by atoms with van der Waals surface area (Å²) in [5, 5.41) is 9.17. The van der Waals surface area contributed by atoms with Gasteiger partial charge in [0.05, 0.1) is 6.10 Å². The highest BCUT2D eigenvalue weighted by Gasteiger charge is 2.10. The number of aliphatic hydroxyl groups is 1. The molecular weight excluding hydrogens is 130 g/mol. The van der Waals surface area contributed by atoms with Gasteiger partial charge in [-0.25, -0.2) is 0 Å². The Hall–Kier alpha value is -0.120. The molecule has 0 saturated heterocycles. The van der Waals surface area contributed by atoms with Gasteiger partial charge >= 0.3 is 0 Å². The predicted octanol–water partition coefficient (Wildman–Crippen LogP) is -0.0214. The zero-order valence-electron chi connectivity index (χ0n) is 6.71. The van der Waals surface area contributed by atoms with E-state index >= 15 is 0 Å². The molecule has 0 aliphatic heterocycles. The zero-order valence-corrected chi connectivity index (χ0v) is 6.71. The van der Waals surface area contributed by atoms with Crippen molar-refractivity contribution in [2.24, 2.45) is 11.7 Å². The molecule has 0 aliphatic rings. The van der Waals surface area contributed by atoms with Crippen LogP contribution in [0.3, 0.4) is 0 Å². The summed E-state index contributed by atoms with van der Waals surface area (Å²) in [5.74, 6) is 0.241. The van der Waals surface area contributed by atoms with E-state index in [-0.39, 0.29) is 12.0 Å². The Morgan fingerprint density at radius 2 is 2.20 bits per heavy atom. The van der Waals surface area contributed by atoms with Crippen molar-refractivity contribution in [1.29, 1.82) is 0 Å². The van der Waals surface area contributed by atoms with Gasteiger partial charge in [0.1, 0.15) is 0 Å². The molecule has 0 rings (SSSR count). The summed E-state index contributed by atoms with van der Waals surface area (Å²) < 4.78 is 4.86. The minimum absolute atomic E-state index is 0.241. The summed E-state index contributed by atoms with van der Waals surface area (Å²) in [6, 6.07) is 0. The van der Waals surface area contributed by atoms with Crippen LogP contribution in [0, 0.1) is 5.92 Å². The molecule has 0 aromatic rings. The van der Waals surface area contributed by atoms with Crippen molar-refractivity contribution in [2.45, 2.75) is 19.4 Å². The lowest BCUT2D eigenvalue weighted by molar-refractivity contribution is 0.0945. The summed E-state index contributed by atoms with van der Waals surface area (Å²) in [7, 11) is 1.65. The molecule has 10 heavy (non-hydrogen) atoms. The van der Waals surface area contributed by atoms with E-state index in [1.54, 1.807) is 7.11 Å². The monoisotopic (exact) mass is 147 g/mol. The maximum Gasteiger partial charge on any atom is 0.0688 e. The first kappa shape index (κ1) is 9.88. The molecule has 2 unspecified atom stereocenters. The van der Waals surface area contributed by atoms with Crippen molar-refractivity contribution in [3.63, 3.8) is 0 Å². The van der Waals surface area contributed by atoms with Crippen LogP contribution in [-0.2, 0) is 4.74 Å². The van der Waals surface area contributed by atoms with E-state index in [1.807, 2.05) is 6.92 Å². The molecule has 0 aromatic carbocycles. The van der Waals surface area contributed by atoms with Gasteiger partial charge in [-0.1, -0.05) is 6.92 Å². The Bertz CT molecular complexity index is 78.0. The van der Waals surface area contributed by atoms with Gasteiger partial charge in [-0.15, -0.1) is 0 Å². The van der Waals surface area contributed by atoms with E-state index in [1.165, 1.54) is 0 Å². The molecule has 0 aromatic heterocycles. The minimum Gasteiger partial charge on any atom is -0.392 e. The molecule has 0 amide bonds. The molecule has 0 saturated carbocycles. The number of hydrogen-bond acceptors (Lipinski definition) is 3. The fraction of sp³-hybridized carbons (Fsp3) is 1.00. The molecule has 0 fully saturated rings. The van der Waals surface area contributed by atoms with Crippen LogP contribution in [0.5, 0.6) is 0 Å². The van der Waals surface area contributed by atoms with Gasteiger partial charge < -0.3 is 15.6 Å². The fourth-order valence-electron chi connectivity index (χ4n) is 0.728. The first-order valence-corrected chi connectivity index (χ1v) is 3.59. The highest BCUT2D eigenvalue weighted by molar-refractivity contribution is 4.63. The maximum absolute atomic E-state index is 9.17. The van der Waals surface area contributed by atoms with Crippen LogP contribution in [0.2, 0.25) is 0 Å². The van der Waals surface area contributed by atoms with Crippen molar-refractivity contribution < 1.29 is 9.84 Å². The second-order valence-corrected chi connectivity index (χ2v) is 2.56. The Morgan fingerprint density at radius 3 is 2.60 bits per heavy atom. The van der Waals surface area contributed by atoms with Crippen LogP contribution in [-0.4, -0.2) is 31.5 Å². The first-order chi connectivity index (χ1) is 4.72. The molecule has 0 spiro atoms. The van der Waals surface area contributed by atoms with Crippen LogP contribution in [0.15, 0.2) is 0 Å². The van der Waals surface area contributed by atoms with Gasteiger partial charge in [-0.2, -0.15) is 0 Å². The van der Waals surface area contributed by atoms with Gasteiger partial charge in [0, 0.05) is 20.3 Å². The normalized spacial score (nSPS) is 16.8. The average molecular weight is 147 g/mol. The van der Waals surface area contributed by atoms with Crippen molar-refractivity contribution in [3.8, 4) is 0 Å². The van der Waals surface area contributed by atoms with Crippen LogP contribution < -0.4 is 5.73 Å². The molecule has 0 aliphatic carbocycles. The standard InChI is InChI=1S/C7H17NO2/c1-6(3-4-10-2)7(9)5-8/h6-7,9H,3-5,8H2,1-2H3.